The molecule has 0 aliphatic rings. The highest BCUT2D eigenvalue weighted by molar-refractivity contribution is 9.10. The Labute approximate surface area is 102 Å². The van der Waals surface area contributed by atoms with Crippen LogP contribution in [0.5, 0.6) is 0 Å². The molecule has 0 saturated carbocycles. The molecule has 3 N–H and O–H groups in total. The summed E-state index contributed by atoms with van der Waals surface area (Å²) >= 11 is 3.17. The summed E-state index contributed by atoms with van der Waals surface area (Å²) < 4.78 is 13.3. The standard InChI is InChI=1S/C11H14BrFN2O/c1-2-8(14)6-11(16)15-10-4-3-7(13)5-9(10)12/h3-5,8H,2,6,14H2,1H3,(H,15,16). The third-order valence-corrected chi connectivity index (χ3v) is 2.83. The first-order chi connectivity index (χ1) is 7.52. The van der Waals surface area contributed by atoms with E-state index in [4.69, 9.17) is 5.73 Å². The van der Waals surface area contributed by atoms with Gasteiger partial charge in [0, 0.05) is 16.9 Å². The maximum atomic E-state index is 12.8. The Kier molecular flexibility index (Phi) is 4.89. The average molecular weight is 289 g/mol. The molecule has 0 radical (unpaired) electrons. The Balaban J connectivity index is 2.63. The van der Waals surface area contributed by atoms with Crippen LogP contribution >= 0.6 is 15.9 Å². The van der Waals surface area contributed by atoms with Gasteiger partial charge in [-0.25, -0.2) is 4.39 Å². The van der Waals surface area contributed by atoms with Crippen molar-refractivity contribution in [2.45, 2.75) is 25.8 Å². The molecule has 1 aromatic carbocycles. The van der Waals surface area contributed by atoms with E-state index in [1.165, 1.54) is 18.2 Å². The molecule has 1 amide bonds. The van der Waals surface area contributed by atoms with Gasteiger partial charge in [-0.3, -0.25) is 4.79 Å². The number of anilines is 1. The van der Waals surface area contributed by atoms with Crippen LogP contribution in [0.1, 0.15) is 19.8 Å². The number of carbonyl (C=O) groups is 1. The number of hydrogen-bond acceptors (Lipinski definition) is 2. The van der Waals surface area contributed by atoms with E-state index in [-0.39, 0.29) is 24.2 Å². The van der Waals surface area contributed by atoms with Crippen LogP contribution in [0.3, 0.4) is 0 Å². The summed E-state index contributed by atoms with van der Waals surface area (Å²) in [6.07, 6.45) is 1.01. The monoisotopic (exact) mass is 288 g/mol. The number of amides is 1. The van der Waals surface area contributed by atoms with Crippen LogP contribution in [0.4, 0.5) is 10.1 Å². The highest BCUT2D eigenvalue weighted by Gasteiger charge is 2.09. The molecule has 0 bridgehead atoms. The summed E-state index contributed by atoms with van der Waals surface area (Å²) in [5, 5.41) is 2.67. The molecule has 1 rings (SSSR count). The zero-order chi connectivity index (χ0) is 12.1. The van der Waals surface area contributed by atoms with Crippen molar-refractivity contribution in [1.82, 2.24) is 0 Å². The molecule has 0 aliphatic carbocycles. The summed E-state index contributed by atoms with van der Waals surface area (Å²) in [7, 11) is 0. The van der Waals surface area contributed by atoms with Crippen LogP contribution < -0.4 is 11.1 Å². The number of benzene rings is 1. The van der Waals surface area contributed by atoms with Crippen LogP contribution in [-0.2, 0) is 4.79 Å². The summed E-state index contributed by atoms with van der Waals surface area (Å²) in [4.78, 5) is 11.5. The summed E-state index contributed by atoms with van der Waals surface area (Å²) in [5.74, 6) is -0.517. The van der Waals surface area contributed by atoms with E-state index in [2.05, 4.69) is 21.2 Å². The van der Waals surface area contributed by atoms with E-state index < -0.39 is 0 Å². The zero-order valence-corrected chi connectivity index (χ0v) is 10.6. The van der Waals surface area contributed by atoms with Crippen LogP contribution in [0.15, 0.2) is 22.7 Å². The van der Waals surface area contributed by atoms with E-state index in [1.54, 1.807) is 0 Å². The fourth-order valence-electron chi connectivity index (χ4n) is 1.17. The van der Waals surface area contributed by atoms with Crippen molar-refractivity contribution in [3.63, 3.8) is 0 Å². The number of carbonyl (C=O) groups excluding carboxylic acids is 1. The fourth-order valence-corrected chi connectivity index (χ4v) is 1.62. The molecule has 0 aromatic heterocycles. The minimum Gasteiger partial charge on any atom is -0.327 e. The molecule has 1 aromatic rings. The number of nitrogens with two attached hydrogens (primary N) is 1. The summed E-state index contributed by atoms with van der Waals surface area (Å²) in [5.41, 5.74) is 6.21. The maximum Gasteiger partial charge on any atom is 0.225 e. The number of nitrogens with one attached hydrogen (secondary N) is 1. The van der Waals surface area contributed by atoms with E-state index in [0.717, 1.165) is 6.42 Å². The Hall–Kier alpha value is -0.940. The third-order valence-electron chi connectivity index (χ3n) is 2.18. The van der Waals surface area contributed by atoms with Gasteiger partial charge in [0.2, 0.25) is 5.91 Å². The minimum atomic E-state index is -0.352. The molecule has 0 aliphatic heterocycles. The first-order valence-corrected chi connectivity index (χ1v) is 5.82. The topological polar surface area (TPSA) is 55.1 Å². The molecule has 88 valence electrons. The van der Waals surface area contributed by atoms with Crippen LogP contribution in [-0.4, -0.2) is 11.9 Å². The van der Waals surface area contributed by atoms with Gasteiger partial charge in [-0.05, 0) is 40.5 Å². The Morgan fingerprint density at radius 1 is 1.62 bits per heavy atom. The maximum absolute atomic E-state index is 12.8. The molecule has 0 heterocycles. The molecule has 16 heavy (non-hydrogen) atoms. The van der Waals surface area contributed by atoms with Gasteiger partial charge in [-0.1, -0.05) is 6.92 Å². The number of halogens is 2. The highest BCUT2D eigenvalue weighted by atomic mass is 79.9. The molecule has 5 heteroatoms. The Morgan fingerprint density at radius 2 is 2.31 bits per heavy atom. The minimum absolute atomic E-state index is 0.140. The molecule has 1 atom stereocenters. The molecular formula is C11H14BrFN2O. The smallest absolute Gasteiger partial charge is 0.225 e. The average Bonchev–Trinajstić information content (AvgIpc) is 2.22. The van der Waals surface area contributed by atoms with Crippen LogP contribution in [0.2, 0.25) is 0 Å². The van der Waals surface area contributed by atoms with Crippen molar-refractivity contribution in [2.24, 2.45) is 5.73 Å². The van der Waals surface area contributed by atoms with Gasteiger partial charge in [0.05, 0.1) is 5.69 Å². The fraction of sp³-hybridized carbons (Fsp3) is 0.364. The third kappa shape index (κ3) is 3.90. The van der Waals surface area contributed by atoms with Crippen molar-refractivity contribution in [1.29, 1.82) is 0 Å². The number of rotatable bonds is 4. The van der Waals surface area contributed by atoms with E-state index >= 15 is 0 Å². The SMILES string of the molecule is CCC(N)CC(=O)Nc1ccc(F)cc1Br. The van der Waals surface area contributed by atoms with E-state index in [1.807, 2.05) is 6.92 Å². The van der Waals surface area contributed by atoms with Crippen molar-refractivity contribution < 1.29 is 9.18 Å². The zero-order valence-electron chi connectivity index (χ0n) is 8.97. The summed E-state index contributed by atoms with van der Waals surface area (Å²) in [6, 6.07) is 3.96. The van der Waals surface area contributed by atoms with E-state index in [0.29, 0.717) is 10.2 Å². The second-order valence-corrected chi connectivity index (χ2v) is 4.40. The van der Waals surface area contributed by atoms with Gasteiger partial charge in [-0.15, -0.1) is 0 Å². The predicted octanol–water partition coefficient (Wildman–Crippen LogP) is 2.65. The van der Waals surface area contributed by atoms with Crippen molar-refractivity contribution in [3.8, 4) is 0 Å². The van der Waals surface area contributed by atoms with Crippen molar-refractivity contribution >= 4 is 27.5 Å². The largest absolute Gasteiger partial charge is 0.327 e. The lowest BCUT2D eigenvalue weighted by molar-refractivity contribution is -0.116. The van der Waals surface area contributed by atoms with Gasteiger partial charge >= 0.3 is 0 Å². The lowest BCUT2D eigenvalue weighted by Gasteiger charge is -2.10. The Bertz CT molecular complexity index is 384. The first kappa shape index (κ1) is 13.1. The quantitative estimate of drug-likeness (QED) is 0.895. The first-order valence-electron chi connectivity index (χ1n) is 5.03. The van der Waals surface area contributed by atoms with Gasteiger partial charge < -0.3 is 11.1 Å². The van der Waals surface area contributed by atoms with E-state index in [9.17, 15) is 9.18 Å². The highest BCUT2D eigenvalue weighted by Crippen LogP contribution is 2.23. The van der Waals surface area contributed by atoms with Gasteiger partial charge in [0.15, 0.2) is 0 Å². The summed E-state index contributed by atoms with van der Waals surface area (Å²) in [6.45, 7) is 1.92. The van der Waals surface area contributed by atoms with Gasteiger partial charge in [0.1, 0.15) is 5.82 Å². The Morgan fingerprint density at radius 3 is 2.88 bits per heavy atom. The normalized spacial score (nSPS) is 12.2. The van der Waals surface area contributed by atoms with Crippen molar-refractivity contribution in [3.05, 3.63) is 28.5 Å². The second kappa shape index (κ2) is 5.96. The van der Waals surface area contributed by atoms with Crippen LogP contribution in [0, 0.1) is 5.82 Å². The van der Waals surface area contributed by atoms with Gasteiger partial charge in [-0.2, -0.15) is 0 Å². The molecule has 0 fully saturated rings. The molecular weight excluding hydrogens is 275 g/mol. The second-order valence-electron chi connectivity index (χ2n) is 3.54. The molecule has 0 saturated heterocycles. The van der Waals surface area contributed by atoms with Gasteiger partial charge in [0.25, 0.3) is 0 Å². The molecule has 3 nitrogen and oxygen atoms in total. The molecule has 0 spiro atoms. The lowest BCUT2D eigenvalue weighted by atomic mass is 10.1. The molecule has 1 unspecified atom stereocenters. The van der Waals surface area contributed by atoms with Crippen LogP contribution in [0.25, 0.3) is 0 Å². The van der Waals surface area contributed by atoms with Crippen molar-refractivity contribution in [2.75, 3.05) is 5.32 Å². The lowest BCUT2D eigenvalue weighted by Crippen LogP contribution is -2.26. The number of hydrogen-bond donors (Lipinski definition) is 2. The predicted molar refractivity (Wildman–Crippen MR) is 65.6 cm³/mol.